The molecule has 0 aliphatic heterocycles. The number of aryl methyl sites for hydroxylation is 1. The highest BCUT2D eigenvalue weighted by Gasteiger charge is 2.21. The van der Waals surface area contributed by atoms with Gasteiger partial charge in [0.25, 0.3) is 0 Å². The molecule has 3 rings (SSSR count). The van der Waals surface area contributed by atoms with Gasteiger partial charge in [0, 0.05) is 16.6 Å². The molecule has 0 saturated heterocycles. The number of aromatic nitrogens is 1. The minimum Gasteiger partial charge on any atom is -0.459 e. The minimum atomic E-state index is -0.285. The molecule has 2 aromatic heterocycles. The third kappa shape index (κ3) is 2.65. The molecule has 108 valence electrons. The van der Waals surface area contributed by atoms with Gasteiger partial charge in [-0.05, 0) is 42.3 Å². The molecule has 0 aliphatic carbocycles. The van der Waals surface area contributed by atoms with Gasteiger partial charge in [0.05, 0.1) is 5.69 Å². The summed E-state index contributed by atoms with van der Waals surface area (Å²) < 4.78 is 5.89. The highest BCUT2D eigenvalue weighted by atomic mass is 35.5. The van der Waals surface area contributed by atoms with E-state index in [-0.39, 0.29) is 6.04 Å². The number of hydrogen-bond donors (Lipinski definition) is 2. The van der Waals surface area contributed by atoms with Crippen LogP contribution in [-0.2, 0) is 6.42 Å². The van der Waals surface area contributed by atoms with E-state index in [0.29, 0.717) is 5.02 Å². The Morgan fingerprint density at radius 2 is 2.19 bits per heavy atom. The number of nitrogens with zero attached hydrogens (tertiary/aromatic N) is 1. The van der Waals surface area contributed by atoms with Gasteiger partial charge in [0.2, 0.25) is 0 Å². The second-order valence-electron chi connectivity index (χ2n) is 4.83. The topological polar surface area (TPSA) is 64.1 Å². The van der Waals surface area contributed by atoms with Crippen LogP contribution in [0.1, 0.15) is 30.0 Å². The van der Waals surface area contributed by atoms with Crippen LogP contribution in [-0.4, -0.2) is 4.98 Å². The Balaban J connectivity index is 2.09. The van der Waals surface area contributed by atoms with E-state index in [0.717, 1.165) is 34.4 Å². The van der Waals surface area contributed by atoms with E-state index in [4.69, 9.17) is 21.9 Å². The molecule has 5 heteroatoms. The second-order valence-corrected chi connectivity index (χ2v) is 5.27. The van der Waals surface area contributed by atoms with Gasteiger partial charge in [-0.1, -0.05) is 24.6 Å². The lowest BCUT2D eigenvalue weighted by Crippen LogP contribution is -2.30. The summed E-state index contributed by atoms with van der Waals surface area (Å²) in [6.07, 6.45) is 2.64. The number of halogens is 1. The van der Waals surface area contributed by atoms with Gasteiger partial charge in [-0.25, -0.2) is 5.43 Å². The molecule has 3 N–H and O–H groups in total. The molecule has 0 spiro atoms. The van der Waals surface area contributed by atoms with Crippen molar-refractivity contribution in [2.45, 2.75) is 19.4 Å². The van der Waals surface area contributed by atoms with Gasteiger partial charge in [-0.3, -0.25) is 10.8 Å². The van der Waals surface area contributed by atoms with E-state index in [9.17, 15) is 0 Å². The average Bonchev–Trinajstić information content (AvgIpc) is 2.91. The van der Waals surface area contributed by atoms with Gasteiger partial charge in [0.15, 0.2) is 0 Å². The van der Waals surface area contributed by atoms with E-state index in [1.807, 2.05) is 30.3 Å². The van der Waals surface area contributed by atoms with Crippen molar-refractivity contribution in [3.8, 4) is 0 Å². The highest BCUT2D eigenvalue weighted by molar-refractivity contribution is 6.31. The van der Waals surface area contributed by atoms with Crippen LogP contribution in [0.5, 0.6) is 0 Å². The van der Waals surface area contributed by atoms with Crippen molar-refractivity contribution in [3.63, 3.8) is 0 Å². The van der Waals surface area contributed by atoms with E-state index in [1.165, 1.54) is 0 Å². The number of furan rings is 1. The Kier molecular flexibility index (Phi) is 3.92. The summed E-state index contributed by atoms with van der Waals surface area (Å²) in [5.41, 5.74) is 5.60. The maximum absolute atomic E-state index is 6.01. The molecule has 0 bridgehead atoms. The first kappa shape index (κ1) is 14.1. The fourth-order valence-electron chi connectivity index (χ4n) is 2.48. The Bertz CT molecular complexity index is 769. The maximum Gasteiger partial charge on any atom is 0.134 e. The Hall–Kier alpha value is -1.88. The lowest BCUT2D eigenvalue weighted by Gasteiger charge is -2.15. The molecule has 1 atom stereocenters. The second kappa shape index (κ2) is 5.85. The van der Waals surface area contributed by atoms with Crippen molar-refractivity contribution in [2.75, 3.05) is 0 Å². The fraction of sp³-hybridized carbons (Fsp3) is 0.188. The van der Waals surface area contributed by atoms with Crippen molar-refractivity contribution in [2.24, 2.45) is 5.84 Å². The molecular weight excluding hydrogens is 286 g/mol. The lowest BCUT2D eigenvalue weighted by molar-refractivity contribution is 0.469. The van der Waals surface area contributed by atoms with Crippen molar-refractivity contribution in [1.82, 2.24) is 10.4 Å². The summed E-state index contributed by atoms with van der Waals surface area (Å²) in [4.78, 5) is 4.46. The summed E-state index contributed by atoms with van der Waals surface area (Å²) >= 11 is 6.01. The summed E-state index contributed by atoms with van der Waals surface area (Å²) in [7, 11) is 0. The number of benzene rings is 1. The van der Waals surface area contributed by atoms with Crippen LogP contribution >= 0.6 is 11.6 Å². The number of rotatable bonds is 4. The molecule has 0 radical (unpaired) electrons. The Morgan fingerprint density at radius 3 is 2.95 bits per heavy atom. The van der Waals surface area contributed by atoms with E-state index in [2.05, 4.69) is 17.3 Å². The molecule has 0 amide bonds. The molecule has 0 fully saturated rings. The number of hydrazine groups is 1. The van der Waals surface area contributed by atoms with Gasteiger partial charge < -0.3 is 4.42 Å². The van der Waals surface area contributed by atoms with Crippen molar-refractivity contribution >= 4 is 22.6 Å². The minimum absolute atomic E-state index is 0.285. The number of pyridine rings is 1. The molecule has 3 aromatic rings. The third-order valence-corrected chi connectivity index (χ3v) is 3.76. The largest absolute Gasteiger partial charge is 0.459 e. The van der Waals surface area contributed by atoms with Gasteiger partial charge >= 0.3 is 0 Å². The molecule has 1 aromatic carbocycles. The van der Waals surface area contributed by atoms with Crippen LogP contribution in [0.2, 0.25) is 5.02 Å². The zero-order chi connectivity index (χ0) is 14.8. The Morgan fingerprint density at radius 1 is 1.33 bits per heavy atom. The highest BCUT2D eigenvalue weighted by Crippen LogP contribution is 2.30. The quantitative estimate of drug-likeness (QED) is 0.571. The van der Waals surface area contributed by atoms with E-state index >= 15 is 0 Å². The van der Waals surface area contributed by atoms with Crippen LogP contribution in [0, 0.1) is 0 Å². The van der Waals surface area contributed by atoms with Gasteiger partial charge in [0.1, 0.15) is 17.4 Å². The predicted molar refractivity (Wildman–Crippen MR) is 84.0 cm³/mol. The van der Waals surface area contributed by atoms with Gasteiger partial charge in [-0.2, -0.15) is 0 Å². The molecule has 0 aliphatic rings. The third-order valence-electron chi connectivity index (χ3n) is 3.53. The summed E-state index contributed by atoms with van der Waals surface area (Å²) in [6, 6.07) is 11.2. The fourth-order valence-corrected chi connectivity index (χ4v) is 2.66. The first-order valence-electron chi connectivity index (χ1n) is 6.82. The van der Waals surface area contributed by atoms with E-state index < -0.39 is 0 Å². The van der Waals surface area contributed by atoms with Crippen LogP contribution in [0.25, 0.3) is 11.0 Å². The van der Waals surface area contributed by atoms with Crippen LogP contribution in [0.15, 0.2) is 47.0 Å². The van der Waals surface area contributed by atoms with Gasteiger partial charge in [-0.15, -0.1) is 0 Å². The zero-order valence-corrected chi connectivity index (χ0v) is 12.4. The maximum atomic E-state index is 6.01. The molecule has 21 heavy (non-hydrogen) atoms. The number of hydrogen-bond acceptors (Lipinski definition) is 4. The first-order chi connectivity index (χ1) is 10.2. The Labute approximate surface area is 127 Å². The van der Waals surface area contributed by atoms with Crippen molar-refractivity contribution in [3.05, 3.63) is 64.6 Å². The average molecular weight is 302 g/mol. The van der Waals surface area contributed by atoms with Crippen LogP contribution in [0.4, 0.5) is 0 Å². The zero-order valence-electron chi connectivity index (χ0n) is 11.6. The summed E-state index contributed by atoms with van der Waals surface area (Å²) in [5, 5.41) is 1.63. The monoisotopic (exact) mass is 301 g/mol. The molecule has 1 unspecified atom stereocenters. The number of nitrogens with two attached hydrogens (primary N) is 1. The smallest absolute Gasteiger partial charge is 0.134 e. The summed E-state index contributed by atoms with van der Waals surface area (Å²) in [5.74, 6) is 6.46. The summed E-state index contributed by atoms with van der Waals surface area (Å²) in [6.45, 7) is 2.09. The number of nitrogens with one attached hydrogen (secondary N) is 1. The van der Waals surface area contributed by atoms with E-state index in [1.54, 1.807) is 12.3 Å². The van der Waals surface area contributed by atoms with Crippen LogP contribution < -0.4 is 11.3 Å². The standard InChI is InChI=1S/C16H16ClN3O/c1-2-10-4-3-7-19-15(10)16(20-18)14-9-11-8-12(17)5-6-13(11)21-14/h3-9,16,20H,2,18H2,1H3. The normalized spacial score (nSPS) is 12.7. The van der Waals surface area contributed by atoms with Crippen molar-refractivity contribution < 1.29 is 4.42 Å². The molecule has 0 saturated carbocycles. The molecule has 2 heterocycles. The molecular formula is C16H16ClN3O. The number of fused-ring (bicyclic) bond motifs is 1. The lowest BCUT2D eigenvalue weighted by atomic mass is 10.0. The molecule has 4 nitrogen and oxygen atoms in total. The predicted octanol–water partition coefficient (Wildman–Crippen LogP) is 3.60. The SMILES string of the molecule is CCc1cccnc1C(NN)c1cc2cc(Cl)ccc2o1. The van der Waals surface area contributed by atoms with Crippen molar-refractivity contribution in [1.29, 1.82) is 0 Å². The first-order valence-corrected chi connectivity index (χ1v) is 7.19. The van der Waals surface area contributed by atoms with Crippen LogP contribution in [0.3, 0.4) is 0 Å².